The fourth-order valence-electron chi connectivity index (χ4n) is 2.35. The molecule has 1 amide bonds. The molecule has 1 N–H and O–H groups in total. The number of alkyl carbamates (subject to hydrolysis) is 1. The van der Waals surface area contributed by atoms with E-state index in [2.05, 4.69) is 36.0 Å². The van der Waals surface area contributed by atoms with E-state index in [0.29, 0.717) is 6.61 Å². The molecule has 0 aliphatic heterocycles. The molecule has 0 spiro atoms. The molecule has 0 fully saturated rings. The van der Waals surface area contributed by atoms with Crippen molar-refractivity contribution in [2.75, 3.05) is 31.1 Å². The Kier molecular flexibility index (Phi) is 4.58. The number of rotatable bonds is 4. The van der Waals surface area contributed by atoms with Crippen LogP contribution in [-0.2, 0) is 17.6 Å². The summed E-state index contributed by atoms with van der Waals surface area (Å²) in [7, 11) is -0.611. The van der Waals surface area contributed by atoms with Crippen LogP contribution in [0.5, 0.6) is 0 Å². The molecule has 0 saturated heterocycles. The number of aryl methyl sites for hydroxylation is 1. The van der Waals surface area contributed by atoms with Crippen molar-refractivity contribution < 1.29 is 9.53 Å². The first kappa shape index (κ1) is 15.2. The van der Waals surface area contributed by atoms with E-state index >= 15 is 0 Å². The Bertz CT molecular complexity index is 497. The van der Waals surface area contributed by atoms with Crippen LogP contribution in [0, 0.1) is 6.92 Å². The molecule has 1 unspecified atom stereocenters. The number of ether oxygens (including phenoxy) is 1. The lowest BCUT2D eigenvalue weighted by molar-refractivity contribution is 0.149. The number of nitrogens with one attached hydrogen (secondary N) is 1. The van der Waals surface area contributed by atoms with Crippen LogP contribution in [-0.4, -0.2) is 48.2 Å². The Balaban J connectivity index is 1.79. The first-order valence-corrected chi connectivity index (χ1v) is 9.90. The highest BCUT2D eigenvalue weighted by Gasteiger charge is 2.25. The second kappa shape index (κ2) is 6.04. The summed E-state index contributed by atoms with van der Waals surface area (Å²) in [4.78, 5) is 16.2. The zero-order chi connectivity index (χ0) is 14.8. The molecule has 1 heterocycles. The minimum absolute atomic E-state index is 0.119. The van der Waals surface area contributed by atoms with Crippen LogP contribution >= 0.6 is 10.0 Å². The normalized spacial score (nSPS) is 18.5. The smallest absolute Gasteiger partial charge is 0.407 e. The zero-order valence-corrected chi connectivity index (χ0v) is 13.5. The molecule has 0 radical (unpaired) electrons. The average molecular weight is 296 g/mol. The molecule has 0 bridgehead atoms. The third-order valence-corrected chi connectivity index (χ3v) is 4.91. The SMILES string of the molecule is Cc1ccnc2c1CC(NC(=O)OCCS(C)(C)C)C2. The summed E-state index contributed by atoms with van der Waals surface area (Å²) < 4.78 is 5.26. The van der Waals surface area contributed by atoms with Gasteiger partial charge in [-0.3, -0.25) is 4.98 Å². The molecule has 1 aromatic heterocycles. The lowest BCUT2D eigenvalue weighted by Gasteiger charge is -2.24. The van der Waals surface area contributed by atoms with Gasteiger partial charge in [-0.2, -0.15) is 0 Å². The van der Waals surface area contributed by atoms with E-state index < -0.39 is 10.0 Å². The van der Waals surface area contributed by atoms with Gasteiger partial charge in [0.15, 0.2) is 0 Å². The first-order valence-electron chi connectivity index (χ1n) is 6.88. The minimum atomic E-state index is -0.611. The van der Waals surface area contributed by atoms with Gasteiger partial charge in [0.05, 0.1) is 0 Å². The summed E-state index contributed by atoms with van der Waals surface area (Å²) >= 11 is 0. The van der Waals surface area contributed by atoms with Crippen LogP contribution in [0.15, 0.2) is 12.3 Å². The maximum atomic E-state index is 11.8. The highest BCUT2D eigenvalue weighted by atomic mass is 32.3. The third-order valence-electron chi connectivity index (χ3n) is 3.52. The number of carbonyl (C=O) groups is 1. The molecule has 112 valence electrons. The Morgan fingerprint density at radius 3 is 2.85 bits per heavy atom. The lowest BCUT2D eigenvalue weighted by Crippen LogP contribution is -2.36. The Morgan fingerprint density at radius 1 is 1.45 bits per heavy atom. The van der Waals surface area contributed by atoms with Gasteiger partial charge in [0, 0.05) is 30.1 Å². The van der Waals surface area contributed by atoms with Crippen LogP contribution in [0.1, 0.15) is 16.8 Å². The van der Waals surface area contributed by atoms with Gasteiger partial charge in [0.2, 0.25) is 0 Å². The van der Waals surface area contributed by atoms with Gasteiger partial charge in [-0.25, -0.2) is 14.8 Å². The maximum Gasteiger partial charge on any atom is 0.407 e. The van der Waals surface area contributed by atoms with Crippen molar-refractivity contribution in [3.8, 4) is 0 Å². The van der Waals surface area contributed by atoms with Gasteiger partial charge in [-0.15, -0.1) is 0 Å². The van der Waals surface area contributed by atoms with Crippen molar-refractivity contribution in [3.63, 3.8) is 0 Å². The van der Waals surface area contributed by atoms with Gasteiger partial charge >= 0.3 is 6.09 Å². The number of hydrogen-bond acceptors (Lipinski definition) is 3. The standard InChI is InChI=1S/C15H24N2O2S/c1-11-5-6-16-14-10-12(9-13(11)14)17-15(18)19-7-8-20(2,3)4/h5-6,12H,7-10H2,1-4H3,(H,17,18). The zero-order valence-electron chi connectivity index (χ0n) is 12.7. The van der Waals surface area contributed by atoms with Crippen molar-refractivity contribution in [2.24, 2.45) is 0 Å². The molecular weight excluding hydrogens is 272 g/mol. The average Bonchev–Trinajstić information content (AvgIpc) is 2.71. The molecule has 0 aromatic carbocycles. The van der Waals surface area contributed by atoms with Crippen molar-refractivity contribution in [3.05, 3.63) is 29.1 Å². The summed E-state index contributed by atoms with van der Waals surface area (Å²) in [5.41, 5.74) is 3.63. The van der Waals surface area contributed by atoms with Crippen LogP contribution in [0.2, 0.25) is 0 Å². The van der Waals surface area contributed by atoms with E-state index in [4.69, 9.17) is 4.74 Å². The minimum Gasteiger partial charge on any atom is -0.449 e. The third kappa shape index (κ3) is 4.13. The number of nitrogens with zero attached hydrogens (tertiary/aromatic N) is 1. The maximum absolute atomic E-state index is 11.8. The second-order valence-corrected chi connectivity index (χ2v) is 10.8. The molecule has 1 aliphatic carbocycles. The number of aromatic nitrogens is 1. The quantitative estimate of drug-likeness (QED) is 0.927. The summed E-state index contributed by atoms with van der Waals surface area (Å²) in [5.74, 6) is 0.950. The Morgan fingerprint density at radius 2 is 2.20 bits per heavy atom. The van der Waals surface area contributed by atoms with Gasteiger partial charge in [0.1, 0.15) is 6.61 Å². The molecule has 20 heavy (non-hydrogen) atoms. The monoisotopic (exact) mass is 296 g/mol. The van der Waals surface area contributed by atoms with Crippen molar-refractivity contribution in [1.82, 2.24) is 10.3 Å². The molecule has 1 atom stereocenters. The van der Waals surface area contributed by atoms with Crippen molar-refractivity contribution in [2.45, 2.75) is 25.8 Å². The molecule has 0 saturated carbocycles. The predicted octanol–water partition coefficient (Wildman–Crippen LogP) is 2.28. The van der Waals surface area contributed by atoms with E-state index in [1.807, 2.05) is 12.3 Å². The highest BCUT2D eigenvalue weighted by molar-refractivity contribution is 8.32. The Labute approximate surface area is 122 Å². The number of pyridine rings is 1. The first-order chi connectivity index (χ1) is 9.35. The predicted molar refractivity (Wildman–Crippen MR) is 84.9 cm³/mol. The van der Waals surface area contributed by atoms with E-state index in [1.54, 1.807) is 0 Å². The highest BCUT2D eigenvalue weighted by Crippen LogP contribution is 2.33. The van der Waals surface area contributed by atoms with E-state index in [9.17, 15) is 4.79 Å². The summed E-state index contributed by atoms with van der Waals surface area (Å²) in [6.45, 7) is 2.59. The topological polar surface area (TPSA) is 51.2 Å². The van der Waals surface area contributed by atoms with Crippen LogP contribution in [0.4, 0.5) is 4.79 Å². The van der Waals surface area contributed by atoms with E-state index in [0.717, 1.165) is 24.3 Å². The van der Waals surface area contributed by atoms with E-state index in [1.165, 1.54) is 11.1 Å². The van der Waals surface area contributed by atoms with Gasteiger partial charge in [0.25, 0.3) is 0 Å². The molecule has 5 heteroatoms. The largest absolute Gasteiger partial charge is 0.449 e. The van der Waals surface area contributed by atoms with Crippen LogP contribution < -0.4 is 5.32 Å². The number of carbonyl (C=O) groups excluding carboxylic acids is 1. The van der Waals surface area contributed by atoms with E-state index in [-0.39, 0.29) is 12.1 Å². The van der Waals surface area contributed by atoms with Crippen molar-refractivity contribution >= 4 is 16.1 Å². The number of amides is 1. The second-order valence-electron chi connectivity index (χ2n) is 6.23. The van der Waals surface area contributed by atoms with Crippen LogP contribution in [0.3, 0.4) is 0 Å². The van der Waals surface area contributed by atoms with Crippen LogP contribution in [0.25, 0.3) is 0 Å². The summed E-state index contributed by atoms with van der Waals surface area (Å²) in [5, 5.41) is 2.95. The molecule has 1 aromatic rings. The number of fused-ring (bicyclic) bond motifs is 1. The summed E-state index contributed by atoms with van der Waals surface area (Å²) in [6.07, 6.45) is 9.85. The molecular formula is C15H24N2O2S. The van der Waals surface area contributed by atoms with Gasteiger partial charge in [-0.05, 0) is 49.3 Å². The van der Waals surface area contributed by atoms with Gasteiger partial charge in [-0.1, -0.05) is 0 Å². The fourth-order valence-corrected chi connectivity index (χ4v) is 2.93. The van der Waals surface area contributed by atoms with Gasteiger partial charge < -0.3 is 10.1 Å². The molecule has 1 aliphatic rings. The van der Waals surface area contributed by atoms with Crippen molar-refractivity contribution in [1.29, 1.82) is 0 Å². The Hall–Kier alpha value is -1.23. The molecule has 2 rings (SSSR count). The summed E-state index contributed by atoms with van der Waals surface area (Å²) in [6, 6.07) is 2.14. The lowest BCUT2D eigenvalue weighted by atomic mass is 10.1. The molecule has 4 nitrogen and oxygen atoms in total. The fraction of sp³-hybridized carbons (Fsp3) is 0.600. The number of hydrogen-bond donors (Lipinski definition) is 1.